The number of oxime groups is 1. The summed E-state index contributed by atoms with van der Waals surface area (Å²) in [5.74, 6) is -0.957. The van der Waals surface area contributed by atoms with Crippen molar-refractivity contribution in [2.24, 2.45) is 10.9 Å². The lowest BCUT2D eigenvalue weighted by molar-refractivity contribution is 0.318. The van der Waals surface area contributed by atoms with Gasteiger partial charge in [0.2, 0.25) is 0 Å². The third-order valence-corrected chi connectivity index (χ3v) is 3.50. The molecule has 0 saturated heterocycles. The van der Waals surface area contributed by atoms with Crippen LogP contribution in [0.5, 0.6) is 0 Å². The van der Waals surface area contributed by atoms with Crippen molar-refractivity contribution < 1.29 is 14.0 Å². The van der Waals surface area contributed by atoms with Gasteiger partial charge in [0.15, 0.2) is 11.5 Å². The summed E-state index contributed by atoms with van der Waals surface area (Å²) in [5.41, 5.74) is 6.78. The third kappa shape index (κ3) is 2.96. The lowest BCUT2D eigenvalue weighted by atomic mass is 10.1. The number of anilines is 1. The van der Waals surface area contributed by atoms with Crippen LogP contribution in [0.2, 0.25) is 0 Å². The first kappa shape index (κ1) is 15.7. The second kappa shape index (κ2) is 6.11. The number of benzene rings is 1. The molecule has 3 aromatic rings. The summed E-state index contributed by atoms with van der Waals surface area (Å²) in [7, 11) is 0. The van der Waals surface area contributed by atoms with Crippen LogP contribution in [0, 0.1) is 11.6 Å². The molecule has 1 aromatic carbocycles. The minimum absolute atomic E-state index is 0.116. The number of nitrogens with two attached hydrogens (primary N) is 1. The number of nitrogens with one attached hydrogen (secondary N) is 1. The molecule has 0 fully saturated rings. The summed E-state index contributed by atoms with van der Waals surface area (Å²) in [6, 6.07) is 4.58. The summed E-state index contributed by atoms with van der Waals surface area (Å²) < 4.78 is 28.1. The maximum Gasteiger partial charge on any atom is 0.175 e. The lowest BCUT2D eigenvalue weighted by Gasteiger charge is -2.15. The van der Waals surface area contributed by atoms with Crippen LogP contribution >= 0.6 is 0 Å². The fourth-order valence-corrected chi connectivity index (χ4v) is 2.31. The normalized spacial score (nSPS) is 13.2. The van der Waals surface area contributed by atoms with Gasteiger partial charge in [-0.25, -0.2) is 18.3 Å². The second-order valence-corrected chi connectivity index (χ2v) is 5.19. The zero-order valence-corrected chi connectivity index (χ0v) is 12.6. The highest BCUT2D eigenvalue weighted by Gasteiger charge is 2.13. The Hall–Kier alpha value is -3.23. The summed E-state index contributed by atoms with van der Waals surface area (Å²) in [6.45, 7) is 1.75. The Bertz CT molecular complexity index is 903. The molecule has 0 saturated carbocycles. The van der Waals surface area contributed by atoms with E-state index in [0.29, 0.717) is 22.6 Å². The number of nitrogens with zero attached hydrogens (tertiary/aromatic N) is 4. The lowest BCUT2D eigenvalue weighted by Crippen LogP contribution is -2.14. The van der Waals surface area contributed by atoms with E-state index < -0.39 is 11.6 Å². The average Bonchev–Trinajstić information content (AvgIpc) is 2.96. The number of hydrogen-bond acceptors (Lipinski definition) is 5. The molecule has 0 aliphatic heterocycles. The molecule has 7 nitrogen and oxygen atoms in total. The van der Waals surface area contributed by atoms with Crippen molar-refractivity contribution in [3.8, 4) is 0 Å². The second-order valence-electron chi connectivity index (χ2n) is 5.19. The van der Waals surface area contributed by atoms with E-state index in [1.165, 1.54) is 22.8 Å². The van der Waals surface area contributed by atoms with Crippen LogP contribution in [0.4, 0.5) is 14.6 Å². The van der Waals surface area contributed by atoms with E-state index in [1.807, 2.05) is 0 Å². The van der Waals surface area contributed by atoms with Crippen LogP contribution in [0.25, 0.3) is 5.65 Å². The Morgan fingerprint density at radius 2 is 2.04 bits per heavy atom. The Balaban J connectivity index is 1.92. The first-order valence-electron chi connectivity index (χ1n) is 7.02. The monoisotopic (exact) mass is 332 g/mol. The molecule has 0 aliphatic rings. The quantitative estimate of drug-likeness (QED) is 0.294. The van der Waals surface area contributed by atoms with Gasteiger partial charge in [0.1, 0.15) is 17.5 Å². The minimum atomic E-state index is -0.646. The van der Waals surface area contributed by atoms with Crippen molar-refractivity contribution >= 4 is 17.3 Å². The van der Waals surface area contributed by atoms with Crippen molar-refractivity contribution in [3.63, 3.8) is 0 Å². The molecular formula is C15H14F2N6O. The fourth-order valence-electron chi connectivity index (χ4n) is 2.31. The molecule has 0 aliphatic carbocycles. The maximum absolute atomic E-state index is 13.3. The van der Waals surface area contributed by atoms with Crippen LogP contribution in [0.15, 0.2) is 41.8 Å². The first-order chi connectivity index (χ1) is 11.5. The minimum Gasteiger partial charge on any atom is -0.409 e. The van der Waals surface area contributed by atoms with Gasteiger partial charge in [0, 0.05) is 12.3 Å². The molecule has 2 aromatic heterocycles. The van der Waals surface area contributed by atoms with Crippen LogP contribution in [0.1, 0.15) is 24.1 Å². The number of rotatable bonds is 4. The molecule has 0 bridgehead atoms. The molecule has 3 rings (SSSR count). The van der Waals surface area contributed by atoms with E-state index in [1.54, 1.807) is 19.2 Å². The van der Waals surface area contributed by atoms with E-state index in [9.17, 15) is 8.78 Å². The van der Waals surface area contributed by atoms with Gasteiger partial charge >= 0.3 is 0 Å². The summed E-state index contributed by atoms with van der Waals surface area (Å²) in [4.78, 5) is 4.34. The fraction of sp³-hybridized carbons (Fsp3) is 0.133. The van der Waals surface area contributed by atoms with Crippen LogP contribution in [0.3, 0.4) is 0 Å². The number of fused-ring (bicyclic) bond motifs is 1. The van der Waals surface area contributed by atoms with E-state index in [0.717, 1.165) is 6.07 Å². The summed E-state index contributed by atoms with van der Waals surface area (Å²) >= 11 is 0. The summed E-state index contributed by atoms with van der Waals surface area (Å²) in [5, 5.41) is 18.8. The van der Waals surface area contributed by atoms with Gasteiger partial charge in [0.25, 0.3) is 0 Å². The molecule has 0 amide bonds. The van der Waals surface area contributed by atoms with E-state index in [-0.39, 0.29) is 11.9 Å². The number of hydrogen-bond donors (Lipinski definition) is 3. The highest BCUT2D eigenvalue weighted by Crippen LogP contribution is 2.21. The predicted molar refractivity (Wildman–Crippen MR) is 83.9 cm³/mol. The van der Waals surface area contributed by atoms with Gasteiger partial charge in [-0.3, -0.25) is 0 Å². The molecule has 9 heteroatoms. The van der Waals surface area contributed by atoms with E-state index >= 15 is 0 Å². The molecule has 0 radical (unpaired) electrons. The van der Waals surface area contributed by atoms with Crippen molar-refractivity contribution in [2.75, 3.05) is 5.32 Å². The van der Waals surface area contributed by atoms with Gasteiger partial charge < -0.3 is 16.3 Å². The smallest absolute Gasteiger partial charge is 0.175 e. The molecule has 4 N–H and O–H groups in total. The standard InChI is InChI=1S/C15H14F2N6O/c1-8(9-4-10(16)6-11(17)5-9)20-13-2-3-23-15(21-13)12(7-19-23)14(18)22-24/h2-8,24H,1H3,(H2,18,22)(H,20,21)/t8-/m1/s1. The van der Waals surface area contributed by atoms with Gasteiger partial charge in [-0.1, -0.05) is 5.16 Å². The van der Waals surface area contributed by atoms with Crippen LogP contribution < -0.4 is 11.1 Å². The SMILES string of the molecule is C[C@@H](Nc1ccn2ncc(/C(N)=N/O)c2n1)c1cc(F)cc(F)c1. The Morgan fingerprint density at radius 1 is 1.33 bits per heavy atom. The third-order valence-electron chi connectivity index (χ3n) is 3.50. The molecule has 1 atom stereocenters. The predicted octanol–water partition coefficient (Wildman–Crippen LogP) is 2.28. The molecule has 124 valence electrons. The number of halogens is 2. The Morgan fingerprint density at radius 3 is 2.71 bits per heavy atom. The first-order valence-corrected chi connectivity index (χ1v) is 7.02. The average molecular weight is 332 g/mol. The number of amidine groups is 1. The van der Waals surface area contributed by atoms with E-state index in [4.69, 9.17) is 10.9 Å². The van der Waals surface area contributed by atoms with Crippen molar-refractivity contribution in [1.82, 2.24) is 14.6 Å². The van der Waals surface area contributed by atoms with Crippen molar-refractivity contribution in [3.05, 3.63) is 59.4 Å². The molecule has 0 spiro atoms. The molecule has 0 unspecified atom stereocenters. The van der Waals surface area contributed by atoms with Gasteiger partial charge in [-0.05, 0) is 30.7 Å². The Kier molecular flexibility index (Phi) is 3.98. The number of aromatic nitrogens is 3. The van der Waals surface area contributed by atoms with Crippen molar-refractivity contribution in [2.45, 2.75) is 13.0 Å². The van der Waals surface area contributed by atoms with Crippen LogP contribution in [-0.4, -0.2) is 25.6 Å². The van der Waals surface area contributed by atoms with Gasteiger partial charge in [-0.15, -0.1) is 0 Å². The van der Waals surface area contributed by atoms with Crippen molar-refractivity contribution in [1.29, 1.82) is 0 Å². The zero-order chi connectivity index (χ0) is 17.3. The highest BCUT2D eigenvalue weighted by atomic mass is 19.1. The zero-order valence-electron chi connectivity index (χ0n) is 12.6. The highest BCUT2D eigenvalue weighted by molar-refractivity contribution is 6.02. The summed E-state index contributed by atoms with van der Waals surface area (Å²) in [6.07, 6.45) is 3.06. The maximum atomic E-state index is 13.3. The van der Waals surface area contributed by atoms with Crippen LogP contribution in [-0.2, 0) is 0 Å². The molecule has 2 heterocycles. The Labute approximate surface area is 135 Å². The van der Waals surface area contributed by atoms with Gasteiger partial charge in [-0.2, -0.15) is 5.10 Å². The molecular weight excluding hydrogens is 318 g/mol. The van der Waals surface area contributed by atoms with E-state index in [2.05, 4.69) is 20.6 Å². The largest absolute Gasteiger partial charge is 0.409 e. The topological polar surface area (TPSA) is 101 Å². The van der Waals surface area contributed by atoms with Gasteiger partial charge in [0.05, 0.1) is 17.8 Å². The molecule has 24 heavy (non-hydrogen) atoms.